The molecule has 4 aromatic rings. The molecule has 6 rings (SSSR count). The van der Waals surface area contributed by atoms with E-state index >= 15 is 0 Å². The van der Waals surface area contributed by atoms with Crippen LogP contribution in [0.4, 0.5) is 5.00 Å². The second-order valence-corrected chi connectivity index (χ2v) is 10.3. The van der Waals surface area contributed by atoms with Crippen molar-refractivity contribution in [2.75, 3.05) is 11.9 Å². The van der Waals surface area contributed by atoms with Gasteiger partial charge >= 0.3 is 0 Å². The number of benzene rings is 2. The topological polar surface area (TPSA) is 79.4 Å². The van der Waals surface area contributed by atoms with Gasteiger partial charge in [-0.3, -0.25) is 19.3 Å². The highest BCUT2D eigenvalue weighted by Crippen LogP contribution is 2.46. The van der Waals surface area contributed by atoms with Crippen LogP contribution in [0.3, 0.4) is 0 Å². The molecule has 0 fully saturated rings. The normalized spacial score (nSPS) is 15.1. The lowest BCUT2D eigenvalue weighted by molar-refractivity contribution is -0.116. The second-order valence-electron chi connectivity index (χ2n) is 8.19. The van der Waals surface area contributed by atoms with Crippen molar-refractivity contribution in [2.24, 2.45) is 0 Å². The minimum atomic E-state index is -0.428. The molecule has 0 spiro atoms. The minimum absolute atomic E-state index is 0.311. The predicted octanol–water partition coefficient (Wildman–Crippen LogP) is 5.14. The number of anilines is 1. The largest absolute Gasteiger partial charge is 0.316 e. The maximum absolute atomic E-state index is 13.0. The van der Waals surface area contributed by atoms with Crippen LogP contribution in [0.2, 0.25) is 0 Å². The van der Waals surface area contributed by atoms with Crippen molar-refractivity contribution < 1.29 is 14.4 Å². The molecule has 0 atom stereocenters. The summed E-state index contributed by atoms with van der Waals surface area (Å²) in [5, 5.41) is 4.65. The molecule has 0 unspecified atom stereocenters. The van der Waals surface area contributed by atoms with Crippen LogP contribution in [0.5, 0.6) is 0 Å². The Morgan fingerprint density at radius 1 is 0.939 bits per heavy atom. The lowest BCUT2D eigenvalue weighted by Gasteiger charge is -2.14. The quantitative estimate of drug-likeness (QED) is 0.416. The summed E-state index contributed by atoms with van der Waals surface area (Å²) in [6, 6.07) is 14.7. The van der Waals surface area contributed by atoms with Gasteiger partial charge in [0, 0.05) is 10.4 Å². The van der Waals surface area contributed by atoms with E-state index in [-0.39, 0.29) is 12.5 Å². The summed E-state index contributed by atoms with van der Waals surface area (Å²) in [6.07, 6.45) is 4.21. The van der Waals surface area contributed by atoms with Crippen LogP contribution in [0, 0.1) is 0 Å². The van der Waals surface area contributed by atoms with Gasteiger partial charge in [0.2, 0.25) is 5.91 Å². The van der Waals surface area contributed by atoms with Crippen LogP contribution in [0.25, 0.3) is 20.8 Å². The number of nitrogens with one attached hydrogen (secondary N) is 1. The van der Waals surface area contributed by atoms with Crippen molar-refractivity contribution in [1.29, 1.82) is 0 Å². The van der Waals surface area contributed by atoms with E-state index in [0.717, 1.165) is 56.4 Å². The summed E-state index contributed by atoms with van der Waals surface area (Å²) in [5.74, 6) is -1.24. The van der Waals surface area contributed by atoms with Crippen LogP contribution < -0.4 is 5.32 Å². The molecule has 3 heterocycles. The van der Waals surface area contributed by atoms with Crippen molar-refractivity contribution in [2.45, 2.75) is 25.7 Å². The molecule has 6 nitrogen and oxygen atoms in total. The number of fused-ring (bicyclic) bond motifs is 3. The zero-order chi connectivity index (χ0) is 22.5. The lowest BCUT2D eigenvalue weighted by Crippen LogP contribution is -2.37. The highest BCUT2D eigenvalue weighted by molar-refractivity contribution is 7.22. The van der Waals surface area contributed by atoms with Crippen LogP contribution in [-0.2, 0) is 17.6 Å². The summed E-state index contributed by atoms with van der Waals surface area (Å²) in [4.78, 5) is 45.5. The molecule has 2 aliphatic rings. The monoisotopic (exact) mass is 473 g/mol. The molecular weight excluding hydrogens is 454 g/mol. The molecular formula is C25H19N3O3S2. The van der Waals surface area contributed by atoms with Crippen molar-refractivity contribution in [1.82, 2.24) is 9.88 Å². The van der Waals surface area contributed by atoms with Gasteiger partial charge in [-0.1, -0.05) is 24.3 Å². The number of carbonyl (C=O) groups is 3. The van der Waals surface area contributed by atoms with Gasteiger partial charge in [-0.15, -0.1) is 22.7 Å². The number of imide groups is 1. The van der Waals surface area contributed by atoms with Crippen molar-refractivity contribution in [3.05, 3.63) is 70.1 Å². The maximum atomic E-state index is 13.0. The van der Waals surface area contributed by atoms with Crippen molar-refractivity contribution in [3.63, 3.8) is 0 Å². The number of nitrogens with zero attached hydrogens (tertiary/aromatic N) is 2. The molecule has 164 valence electrons. The molecule has 3 amide bonds. The van der Waals surface area contributed by atoms with E-state index in [4.69, 9.17) is 4.98 Å². The maximum Gasteiger partial charge on any atom is 0.262 e. The number of amides is 3. The number of hydrogen-bond donors (Lipinski definition) is 1. The Morgan fingerprint density at radius 2 is 1.64 bits per heavy atom. The smallest absolute Gasteiger partial charge is 0.262 e. The molecule has 1 aliphatic carbocycles. The number of aryl methyl sites for hydroxylation is 1. The summed E-state index contributed by atoms with van der Waals surface area (Å²) in [7, 11) is 0. The first kappa shape index (κ1) is 20.3. The first-order valence-electron chi connectivity index (χ1n) is 10.9. The van der Waals surface area contributed by atoms with E-state index in [1.54, 1.807) is 46.9 Å². The molecule has 0 radical (unpaired) electrons. The molecule has 1 N–H and O–H groups in total. The molecule has 2 aromatic carbocycles. The fourth-order valence-corrected chi connectivity index (χ4v) is 6.97. The first-order valence-corrected chi connectivity index (χ1v) is 12.5. The third-order valence-corrected chi connectivity index (χ3v) is 8.37. The number of thiophene rings is 1. The summed E-state index contributed by atoms with van der Waals surface area (Å²) >= 11 is 3.21. The van der Waals surface area contributed by atoms with Crippen LogP contribution in [0.15, 0.2) is 48.5 Å². The fraction of sp³-hybridized carbons (Fsp3) is 0.200. The third-order valence-electron chi connectivity index (χ3n) is 6.11. The van der Waals surface area contributed by atoms with Gasteiger partial charge < -0.3 is 5.32 Å². The Balaban J connectivity index is 1.32. The average molecular weight is 474 g/mol. The van der Waals surface area contributed by atoms with Crippen molar-refractivity contribution >= 4 is 55.6 Å². The van der Waals surface area contributed by atoms with Crippen LogP contribution >= 0.6 is 22.7 Å². The number of aromatic nitrogens is 1. The minimum Gasteiger partial charge on any atom is -0.316 e. The standard InChI is InChI=1S/C25H19N3O3S2/c29-20(13-28-24(30)14-7-1-2-8-15(14)25(28)31)27-23-21(16-9-3-5-11-18(16)32-23)22-26-17-10-4-6-12-19(17)33-22/h1-2,4,6-8,10,12H,3,5,9,11,13H2,(H,27,29). The molecule has 1 aliphatic heterocycles. The average Bonchev–Trinajstić information content (AvgIpc) is 3.48. The van der Waals surface area contributed by atoms with Crippen LogP contribution in [-0.4, -0.2) is 34.2 Å². The van der Waals surface area contributed by atoms with Gasteiger partial charge in [-0.2, -0.15) is 0 Å². The van der Waals surface area contributed by atoms with Gasteiger partial charge in [0.05, 0.1) is 21.3 Å². The van der Waals surface area contributed by atoms with Gasteiger partial charge in [0.15, 0.2) is 0 Å². The Hall–Kier alpha value is -3.36. The van der Waals surface area contributed by atoms with E-state index in [1.165, 1.54) is 10.4 Å². The summed E-state index contributed by atoms with van der Waals surface area (Å²) in [6.45, 7) is -0.311. The molecule has 0 saturated carbocycles. The molecule has 2 aromatic heterocycles. The Bertz CT molecular complexity index is 1380. The zero-order valence-corrected chi connectivity index (χ0v) is 19.2. The molecule has 8 heteroatoms. The van der Waals surface area contributed by atoms with E-state index < -0.39 is 11.8 Å². The number of hydrogen-bond acceptors (Lipinski definition) is 6. The molecule has 0 bridgehead atoms. The van der Waals surface area contributed by atoms with E-state index in [9.17, 15) is 14.4 Å². The first-order chi connectivity index (χ1) is 16.1. The van der Waals surface area contributed by atoms with Gasteiger partial charge in [0.1, 0.15) is 16.6 Å². The van der Waals surface area contributed by atoms with Crippen LogP contribution in [0.1, 0.15) is 44.0 Å². The third kappa shape index (κ3) is 3.37. The molecule has 33 heavy (non-hydrogen) atoms. The predicted molar refractivity (Wildman–Crippen MR) is 130 cm³/mol. The van der Waals surface area contributed by atoms with Gasteiger partial charge in [0.25, 0.3) is 11.8 Å². The van der Waals surface area contributed by atoms with E-state index in [0.29, 0.717) is 11.1 Å². The second kappa shape index (κ2) is 7.90. The van der Waals surface area contributed by atoms with Crippen molar-refractivity contribution in [3.8, 4) is 10.6 Å². The Kier molecular flexibility index (Phi) is 4.85. The number of rotatable bonds is 4. The Labute approximate surface area is 197 Å². The number of carbonyl (C=O) groups excluding carboxylic acids is 3. The van der Waals surface area contributed by atoms with E-state index in [1.807, 2.05) is 18.2 Å². The SMILES string of the molecule is O=C(CN1C(=O)c2ccccc2C1=O)Nc1sc2c(c1-c1nc3ccccc3s1)CCCC2. The molecule has 0 saturated heterocycles. The highest BCUT2D eigenvalue weighted by Gasteiger charge is 2.36. The number of para-hydroxylation sites is 1. The van der Waals surface area contributed by atoms with Gasteiger partial charge in [-0.05, 0) is 55.5 Å². The van der Waals surface area contributed by atoms with Gasteiger partial charge in [-0.25, -0.2) is 4.98 Å². The number of thiazole rings is 1. The Morgan fingerprint density at radius 3 is 2.39 bits per heavy atom. The van der Waals surface area contributed by atoms with E-state index in [2.05, 4.69) is 11.4 Å². The fourth-order valence-electron chi connectivity index (χ4n) is 4.55. The summed E-state index contributed by atoms with van der Waals surface area (Å²) < 4.78 is 1.10. The lowest BCUT2D eigenvalue weighted by atomic mass is 9.96. The zero-order valence-electron chi connectivity index (χ0n) is 17.6. The highest BCUT2D eigenvalue weighted by atomic mass is 32.1. The summed E-state index contributed by atoms with van der Waals surface area (Å²) in [5.41, 5.74) is 3.89.